The molecule has 3 heterocycles. The monoisotopic (exact) mass is 423 g/mol. The highest BCUT2D eigenvalue weighted by Gasteiger charge is 2.35. The van der Waals surface area contributed by atoms with Crippen LogP contribution in [0.3, 0.4) is 0 Å². The number of nitrogens with zero attached hydrogens (tertiary/aromatic N) is 5. The number of pyridine rings is 1. The van der Waals surface area contributed by atoms with Gasteiger partial charge in [-0.1, -0.05) is 29.8 Å². The fraction of sp³-hybridized carbons (Fsp3) is 0.400. The molecule has 2 aromatic heterocycles. The minimum absolute atomic E-state index is 0.163. The van der Waals surface area contributed by atoms with E-state index in [1.807, 2.05) is 18.2 Å². The van der Waals surface area contributed by atoms with Crippen LogP contribution in [0.25, 0.3) is 5.65 Å². The van der Waals surface area contributed by atoms with Gasteiger partial charge in [-0.05, 0) is 32.0 Å². The van der Waals surface area contributed by atoms with Gasteiger partial charge in [-0.2, -0.15) is 13.2 Å². The van der Waals surface area contributed by atoms with Crippen LogP contribution in [0, 0.1) is 0 Å². The molecule has 9 heteroatoms. The molecule has 0 amide bonds. The van der Waals surface area contributed by atoms with Crippen molar-refractivity contribution in [3.8, 4) is 0 Å². The van der Waals surface area contributed by atoms with E-state index in [1.165, 1.54) is 4.40 Å². The first-order valence-electron chi connectivity index (χ1n) is 9.32. The van der Waals surface area contributed by atoms with Crippen LogP contribution in [0.5, 0.6) is 0 Å². The molecule has 154 valence electrons. The van der Waals surface area contributed by atoms with E-state index in [4.69, 9.17) is 11.6 Å². The number of para-hydroxylation sites is 1. The lowest BCUT2D eigenvalue weighted by atomic mass is 9.97. The van der Waals surface area contributed by atoms with Gasteiger partial charge >= 0.3 is 6.18 Å². The quantitative estimate of drug-likeness (QED) is 0.617. The summed E-state index contributed by atoms with van der Waals surface area (Å²) < 4.78 is 39.6. The van der Waals surface area contributed by atoms with Crippen LogP contribution in [-0.2, 0) is 6.42 Å². The van der Waals surface area contributed by atoms with E-state index in [0.29, 0.717) is 11.6 Å². The number of fused-ring (bicyclic) bond motifs is 1. The fourth-order valence-corrected chi connectivity index (χ4v) is 4.27. The van der Waals surface area contributed by atoms with E-state index in [9.17, 15) is 13.2 Å². The summed E-state index contributed by atoms with van der Waals surface area (Å²) in [6.07, 6.45) is -3.94. The van der Waals surface area contributed by atoms with Gasteiger partial charge in [0.15, 0.2) is 5.65 Å². The average molecular weight is 424 g/mol. The largest absolute Gasteiger partial charge is 0.396 e. The fourth-order valence-electron chi connectivity index (χ4n) is 3.95. The Morgan fingerprint density at radius 3 is 2.45 bits per heavy atom. The first-order valence-corrected chi connectivity index (χ1v) is 9.70. The molecule has 3 aromatic rings. The van der Waals surface area contributed by atoms with Crippen LogP contribution in [0.15, 0.2) is 42.6 Å². The molecular formula is C20H21ClF3N5. The smallest absolute Gasteiger partial charge is 0.366 e. The Morgan fingerprint density at radius 1 is 1.07 bits per heavy atom. The average Bonchev–Trinajstić information content (AvgIpc) is 3.04. The number of benzene rings is 1. The van der Waals surface area contributed by atoms with Crippen molar-refractivity contribution in [3.63, 3.8) is 0 Å². The van der Waals surface area contributed by atoms with Gasteiger partial charge in [0.05, 0.1) is 11.2 Å². The second-order valence-corrected chi connectivity index (χ2v) is 8.22. The first-order chi connectivity index (χ1) is 13.7. The standard InChI is InChI=1S/C20H21ClF3N5/c1-19(2)13-27(10-11-29(19)14-6-4-3-5-7-14)15-8-9-28-16(12-20(22,23)24)25-26-18(28)17(15)21/h3-9H,10-13H2,1-2H3. The molecule has 29 heavy (non-hydrogen) atoms. The van der Waals surface area contributed by atoms with Gasteiger partial charge in [0, 0.05) is 31.5 Å². The Hall–Kier alpha value is -2.48. The van der Waals surface area contributed by atoms with Crippen LogP contribution >= 0.6 is 11.6 Å². The minimum atomic E-state index is -4.36. The lowest BCUT2D eigenvalue weighted by Gasteiger charge is -2.49. The Kier molecular flexibility index (Phi) is 4.85. The van der Waals surface area contributed by atoms with Crippen molar-refractivity contribution in [3.05, 3.63) is 53.4 Å². The molecule has 1 fully saturated rings. The number of aromatic nitrogens is 3. The lowest BCUT2D eigenvalue weighted by Crippen LogP contribution is -2.59. The van der Waals surface area contributed by atoms with Crippen LogP contribution in [-0.4, -0.2) is 45.9 Å². The second kappa shape index (κ2) is 7.09. The van der Waals surface area contributed by atoms with Gasteiger partial charge in [0.1, 0.15) is 17.3 Å². The predicted molar refractivity (Wildman–Crippen MR) is 108 cm³/mol. The molecule has 0 radical (unpaired) electrons. The van der Waals surface area contributed by atoms with E-state index in [2.05, 4.69) is 46.0 Å². The predicted octanol–water partition coefficient (Wildman–Crippen LogP) is 4.59. The molecule has 0 atom stereocenters. The van der Waals surface area contributed by atoms with Crippen molar-refractivity contribution in [1.29, 1.82) is 0 Å². The van der Waals surface area contributed by atoms with Gasteiger partial charge in [0.25, 0.3) is 0 Å². The maximum absolute atomic E-state index is 12.8. The zero-order valence-electron chi connectivity index (χ0n) is 16.1. The van der Waals surface area contributed by atoms with Crippen molar-refractivity contribution in [2.75, 3.05) is 29.4 Å². The maximum atomic E-state index is 12.8. The van der Waals surface area contributed by atoms with Crippen molar-refractivity contribution >= 4 is 28.6 Å². The Balaban J connectivity index is 1.62. The molecule has 0 aliphatic carbocycles. The van der Waals surface area contributed by atoms with Crippen molar-refractivity contribution in [2.24, 2.45) is 0 Å². The highest BCUT2D eigenvalue weighted by atomic mass is 35.5. The molecule has 0 N–H and O–H groups in total. The van der Waals surface area contributed by atoms with Crippen molar-refractivity contribution in [2.45, 2.75) is 32.0 Å². The first kappa shape index (κ1) is 19.8. The zero-order valence-corrected chi connectivity index (χ0v) is 16.9. The summed E-state index contributed by atoms with van der Waals surface area (Å²) in [5, 5.41) is 7.91. The van der Waals surface area contributed by atoms with E-state index < -0.39 is 12.6 Å². The van der Waals surface area contributed by atoms with E-state index in [-0.39, 0.29) is 17.0 Å². The summed E-state index contributed by atoms with van der Waals surface area (Å²) in [4.78, 5) is 4.51. The number of hydrogen-bond donors (Lipinski definition) is 0. The third-order valence-electron chi connectivity index (χ3n) is 5.24. The number of halogens is 4. The van der Waals surface area contributed by atoms with Gasteiger partial charge < -0.3 is 9.80 Å². The topological polar surface area (TPSA) is 36.7 Å². The molecule has 1 saturated heterocycles. The Labute approximate surface area is 171 Å². The molecular weight excluding hydrogens is 403 g/mol. The highest BCUT2D eigenvalue weighted by Crippen LogP contribution is 2.35. The third kappa shape index (κ3) is 3.85. The highest BCUT2D eigenvalue weighted by molar-refractivity contribution is 6.36. The van der Waals surface area contributed by atoms with E-state index in [0.717, 1.165) is 24.5 Å². The summed E-state index contributed by atoms with van der Waals surface area (Å²) in [7, 11) is 0. The summed E-state index contributed by atoms with van der Waals surface area (Å²) in [6.45, 7) is 6.57. The van der Waals surface area contributed by atoms with Gasteiger partial charge in [-0.3, -0.25) is 4.40 Å². The van der Waals surface area contributed by atoms with Gasteiger partial charge in [-0.15, -0.1) is 10.2 Å². The SMILES string of the molecule is CC1(C)CN(c2ccn3c(CC(F)(F)F)nnc3c2Cl)CCN1c1ccccc1. The summed E-state index contributed by atoms with van der Waals surface area (Å²) in [5.74, 6) is -0.171. The molecule has 0 saturated carbocycles. The third-order valence-corrected chi connectivity index (χ3v) is 5.60. The number of hydrogen-bond acceptors (Lipinski definition) is 4. The molecule has 0 bridgehead atoms. The minimum Gasteiger partial charge on any atom is -0.366 e. The second-order valence-electron chi connectivity index (χ2n) is 7.84. The van der Waals surface area contributed by atoms with E-state index >= 15 is 0 Å². The Morgan fingerprint density at radius 2 is 1.79 bits per heavy atom. The normalized spacial score (nSPS) is 17.2. The van der Waals surface area contributed by atoms with Crippen LogP contribution in [0.2, 0.25) is 5.02 Å². The lowest BCUT2D eigenvalue weighted by molar-refractivity contribution is -0.128. The van der Waals surface area contributed by atoms with Gasteiger partial charge in [0.2, 0.25) is 0 Å². The molecule has 1 aromatic carbocycles. The summed E-state index contributed by atoms with van der Waals surface area (Å²) >= 11 is 6.55. The van der Waals surface area contributed by atoms with Crippen LogP contribution in [0.4, 0.5) is 24.5 Å². The molecule has 1 aliphatic heterocycles. The van der Waals surface area contributed by atoms with Crippen molar-refractivity contribution in [1.82, 2.24) is 14.6 Å². The molecule has 1 aliphatic rings. The van der Waals surface area contributed by atoms with E-state index in [1.54, 1.807) is 12.3 Å². The Bertz CT molecular complexity index is 1020. The zero-order chi connectivity index (χ0) is 20.8. The van der Waals surface area contributed by atoms with Crippen LogP contribution in [0.1, 0.15) is 19.7 Å². The van der Waals surface area contributed by atoms with Gasteiger partial charge in [-0.25, -0.2) is 0 Å². The molecule has 4 rings (SSSR count). The summed E-state index contributed by atoms with van der Waals surface area (Å²) in [5.41, 5.74) is 2.00. The maximum Gasteiger partial charge on any atom is 0.396 e. The molecule has 5 nitrogen and oxygen atoms in total. The van der Waals surface area contributed by atoms with Crippen molar-refractivity contribution < 1.29 is 13.2 Å². The molecule has 0 spiro atoms. The van der Waals surface area contributed by atoms with Crippen LogP contribution < -0.4 is 9.80 Å². The number of piperazine rings is 1. The summed E-state index contributed by atoms with van der Waals surface area (Å²) in [6, 6.07) is 12.0. The number of rotatable bonds is 3. The number of anilines is 2. The number of alkyl halides is 3. The molecule has 0 unspecified atom stereocenters.